The van der Waals surface area contributed by atoms with Gasteiger partial charge in [0.05, 0.1) is 11.0 Å². The topological polar surface area (TPSA) is 60.0 Å². The summed E-state index contributed by atoms with van der Waals surface area (Å²) in [6, 6.07) is 5.05. The number of imidazole rings is 1. The summed E-state index contributed by atoms with van der Waals surface area (Å²) in [6.45, 7) is 1.99. The maximum Gasteiger partial charge on any atom is 0.586 e. The van der Waals surface area contributed by atoms with Gasteiger partial charge in [-0.1, -0.05) is 6.07 Å². The number of hydrogen-bond acceptors (Lipinski definition) is 4. The fraction of sp³-hybridized carbons (Fsp3) is 0.294. The molecule has 0 radical (unpaired) electrons. The molecule has 0 spiro atoms. The first-order valence-electron chi connectivity index (χ1n) is 7.75. The lowest BCUT2D eigenvalue weighted by Crippen LogP contribution is -2.25. The number of aromatic amines is 1. The van der Waals surface area contributed by atoms with Crippen molar-refractivity contribution >= 4 is 11.0 Å². The summed E-state index contributed by atoms with van der Waals surface area (Å²) in [5.74, 6) is 1.22. The second-order valence-corrected chi connectivity index (χ2v) is 6.28. The van der Waals surface area contributed by atoms with Gasteiger partial charge in [0.1, 0.15) is 5.69 Å². The normalized spacial score (nSPS) is 18.3. The highest BCUT2D eigenvalue weighted by Crippen LogP contribution is 2.43. The number of halogens is 2. The van der Waals surface area contributed by atoms with Gasteiger partial charge in [-0.2, -0.15) is 0 Å². The van der Waals surface area contributed by atoms with Crippen LogP contribution in [0.1, 0.15) is 29.9 Å². The Morgan fingerprint density at radius 2 is 1.92 bits per heavy atom. The van der Waals surface area contributed by atoms with Crippen molar-refractivity contribution in [3.8, 4) is 23.0 Å². The molecule has 24 heavy (non-hydrogen) atoms. The van der Waals surface area contributed by atoms with Crippen LogP contribution in [0.3, 0.4) is 0 Å². The average molecular weight is 329 g/mol. The number of benzene rings is 1. The molecule has 0 amide bonds. The highest BCUT2D eigenvalue weighted by atomic mass is 19.3. The molecule has 5 nitrogen and oxygen atoms in total. The zero-order valence-electron chi connectivity index (χ0n) is 12.8. The molecule has 1 N–H and O–H groups in total. The Morgan fingerprint density at radius 3 is 2.62 bits per heavy atom. The summed E-state index contributed by atoms with van der Waals surface area (Å²) in [7, 11) is 0. The number of rotatable bonds is 2. The third-order valence-corrected chi connectivity index (χ3v) is 4.38. The fourth-order valence-corrected chi connectivity index (χ4v) is 3.05. The van der Waals surface area contributed by atoms with E-state index >= 15 is 0 Å². The summed E-state index contributed by atoms with van der Waals surface area (Å²) in [5, 5.41) is 0. The van der Waals surface area contributed by atoms with Crippen LogP contribution in [0.25, 0.3) is 22.6 Å². The van der Waals surface area contributed by atoms with E-state index in [1.807, 2.05) is 13.1 Å². The minimum Gasteiger partial charge on any atom is -0.395 e. The smallest absolute Gasteiger partial charge is 0.395 e. The molecule has 122 valence electrons. The molecular formula is C17H13F2N3O2. The molecule has 2 aliphatic rings. The molecule has 0 unspecified atom stereocenters. The average Bonchev–Trinajstić information content (AvgIpc) is 3.21. The van der Waals surface area contributed by atoms with Crippen LogP contribution in [0.5, 0.6) is 11.5 Å². The highest BCUT2D eigenvalue weighted by molar-refractivity contribution is 5.83. The van der Waals surface area contributed by atoms with Gasteiger partial charge in [-0.3, -0.25) is 4.98 Å². The van der Waals surface area contributed by atoms with Gasteiger partial charge in [0.2, 0.25) is 0 Å². The van der Waals surface area contributed by atoms with Crippen LogP contribution in [-0.4, -0.2) is 21.2 Å². The van der Waals surface area contributed by atoms with E-state index in [-0.39, 0.29) is 11.5 Å². The minimum atomic E-state index is -3.62. The predicted octanol–water partition coefficient (Wildman–Crippen LogP) is 4.13. The molecule has 3 aromatic rings. The number of nitrogens with zero attached hydrogens (tertiary/aromatic N) is 2. The summed E-state index contributed by atoms with van der Waals surface area (Å²) in [4.78, 5) is 12.1. The van der Waals surface area contributed by atoms with Gasteiger partial charge >= 0.3 is 6.29 Å². The van der Waals surface area contributed by atoms with Gasteiger partial charge in [-0.25, -0.2) is 4.98 Å². The van der Waals surface area contributed by atoms with Crippen LogP contribution in [0.15, 0.2) is 24.4 Å². The van der Waals surface area contributed by atoms with Crippen LogP contribution in [0.4, 0.5) is 8.78 Å². The molecule has 0 bridgehead atoms. The van der Waals surface area contributed by atoms with E-state index in [2.05, 4.69) is 30.5 Å². The summed E-state index contributed by atoms with van der Waals surface area (Å²) >= 11 is 0. The van der Waals surface area contributed by atoms with Crippen LogP contribution in [0, 0.1) is 6.92 Å². The van der Waals surface area contributed by atoms with Crippen molar-refractivity contribution in [1.82, 2.24) is 15.0 Å². The van der Waals surface area contributed by atoms with Crippen LogP contribution < -0.4 is 9.47 Å². The van der Waals surface area contributed by atoms with Crippen LogP contribution in [0.2, 0.25) is 0 Å². The third-order valence-electron chi connectivity index (χ3n) is 4.38. The first-order valence-corrected chi connectivity index (χ1v) is 7.75. The quantitative estimate of drug-likeness (QED) is 0.768. The second-order valence-electron chi connectivity index (χ2n) is 6.28. The molecule has 0 atom stereocenters. The highest BCUT2D eigenvalue weighted by Gasteiger charge is 2.43. The molecule has 3 heterocycles. The van der Waals surface area contributed by atoms with Crippen molar-refractivity contribution in [2.45, 2.75) is 32.0 Å². The van der Waals surface area contributed by atoms with Crippen molar-refractivity contribution in [3.63, 3.8) is 0 Å². The number of ether oxygens (including phenoxy) is 2. The van der Waals surface area contributed by atoms with E-state index in [1.165, 1.54) is 30.5 Å². The lowest BCUT2D eigenvalue weighted by Gasteiger charge is -2.04. The van der Waals surface area contributed by atoms with Crippen molar-refractivity contribution in [2.75, 3.05) is 0 Å². The molecular weight excluding hydrogens is 316 g/mol. The zero-order chi connectivity index (χ0) is 16.5. The molecule has 1 aromatic carbocycles. The predicted molar refractivity (Wildman–Crippen MR) is 82.2 cm³/mol. The minimum absolute atomic E-state index is 0.00328. The van der Waals surface area contributed by atoms with E-state index in [0.29, 0.717) is 22.8 Å². The summed E-state index contributed by atoms with van der Waals surface area (Å²) < 4.78 is 35.2. The third kappa shape index (κ3) is 2.11. The second kappa shape index (κ2) is 4.43. The van der Waals surface area contributed by atoms with Gasteiger partial charge in [0.15, 0.2) is 17.3 Å². The Kier molecular flexibility index (Phi) is 2.53. The fourth-order valence-electron chi connectivity index (χ4n) is 3.05. The number of alkyl halides is 2. The van der Waals surface area contributed by atoms with Crippen molar-refractivity contribution < 1.29 is 18.3 Å². The van der Waals surface area contributed by atoms with Crippen molar-refractivity contribution in [1.29, 1.82) is 0 Å². The van der Waals surface area contributed by atoms with E-state index in [0.717, 1.165) is 11.3 Å². The van der Waals surface area contributed by atoms with E-state index < -0.39 is 6.29 Å². The number of aryl methyl sites for hydroxylation is 1. The molecule has 0 saturated heterocycles. The molecule has 1 aliphatic heterocycles. The lowest BCUT2D eigenvalue weighted by molar-refractivity contribution is -0.286. The Morgan fingerprint density at radius 1 is 1.17 bits per heavy atom. The largest absolute Gasteiger partial charge is 0.586 e. The van der Waals surface area contributed by atoms with Gasteiger partial charge in [-0.05, 0) is 36.8 Å². The molecule has 1 fully saturated rings. The van der Waals surface area contributed by atoms with Crippen LogP contribution >= 0.6 is 0 Å². The number of H-pyrrole nitrogens is 1. The van der Waals surface area contributed by atoms with Crippen LogP contribution in [-0.2, 0) is 0 Å². The maximum absolute atomic E-state index is 13.1. The number of pyridine rings is 1. The van der Waals surface area contributed by atoms with E-state index in [9.17, 15) is 8.78 Å². The van der Waals surface area contributed by atoms with Crippen molar-refractivity contribution in [2.24, 2.45) is 0 Å². The number of hydrogen-bond donors (Lipinski definition) is 1. The van der Waals surface area contributed by atoms with Gasteiger partial charge < -0.3 is 14.5 Å². The monoisotopic (exact) mass is 329 g/mol. The van der Waals surface area contributed by atoms with Crippen molar-refractivity contribution in [3.05, 3.63) is 35.5 Å². The number of fused-ring (bicyclic) bond motifs is 2. The Bertz CT molecular complexity index is 934. The Balaban J connectivity index is 1.57. The van der Waals surface area contributed by atoms with E-state index in [4.69, 9.17) is 0 Å². The Hall–Kier alpha value is -2.70. The first kappa shape index (κ1) is 13.7. The Labute approximate surface area is 135 Å². The molecule has 7 heteroatoms. The van der Waals surface area contributed by atoms with Gasteiger partial charge in [0.25, 0.3) is 0 Å². The SMILES string of the molecule is Cc1cc(C2CC2)cnc1-c1nc2cc3c(cc2[nH]1)OC(F)(F)O3. The number of nitrogens with one attached hydrogen (secondary N) is 1. The standard InChI is InChI=1S/C17H13F2N3O2/c1-8-4-10(9-2-3-9)7-20-15(8)16-21-11-5-13-14(6-12(11)22-16)24-17(18,19)23-13/h4-7,9H,2-3H2,1H3,(H,21,22). The zero-order valence-corrected chi connectivity index (χ0v) is 12.8. The maximum atomic E-state index is 13.1. The summed E-state index contributed by atoms with van der Waals surface area (Å²) in [6.07, 6.45) is 0.712. The first-order chi connectivity index (χ1) is 11.5. The lowest BCUT2D eigenvalue weighted by atomic mass is 10.1. The van der Waals surface area contributed by atoms with Gasteiger partial charge in [0, 0.05) is 18.3 Å². The van der Waals surface area contributed by atoms with E-state index in [1.54, 1.807) is 0 Å². The molecule has 2 aromatic heterocycles. The number of aromatic nitrogens is 3. The van der Waals surface area contributed by atoms with Gasteiger partial charge in [-0.15, -0.1) is 8.78 Å². The summed E-state index contributed by atoms with van der Waals surface area (Å²) in [5.41, 5.74) is 4.17. The molecule has 1 saturated carbocycles. The molecule has 1 aliphatic carbocycles. The molecule has 5 rings (SSSR count).